The van der Waals surface area contributed by atoms with E-state index in [2.05, 4.69) is 42.6 Å². The average molecular weight is 231 g/mol. The lowest BCUT2D eigenvalue weighted by molar-refractivity contribution is 0.345. The summed E-state index contributed by atoms with van der Waals surface area (Å²) in [6, 6.07) is 11.1. The number of rotatable bonds is 1. The van der Waals surface area contributed by atoms with Gasteiger partial charge in [0.05, 0.1) is 0 Å². The molecule has 1 fully saturated rings. The third kappa shape index (κ3) is 1.66. The van der Waals surface area contributed by atoms with E-state index < -0.39 is 0 Å². The second kappa shape index (κ2) is 3.86. The largest absolute Gasteiger partial charge is 0.316 e. The van der Waals surface area contributed by atoms with Crippen molar-refractivity contribution in [3.8, 4) is 0 Å². The van der Waals surface area contributed by atoms with E-state index in [4.69, 9.17) is 0 Å². The maximum Gasteiger partial charge on any atom is 0.0345 e. The first kappa shape index (κ1) is 10.3. The molecule has 1 aromatic heterocycles. The van der Waals surface area contributed by atoms with Gasteiger partial charge in [-0.3, -0.25) is 0 Å². The van der Waals surface area contributed by atoms with Crippen LogP contribution in [0.5, 0.6) is 0 Å². The number of benzene rings is 1. The third-order valence-electron chi connectivity index (χ3n) is 3.62. The van der Waals surface area contributed by atoms with Gasteiger partial charge in [0.1, 0.15) is 0 Å². The van der Waals surface area contributed by atoms with Crippen LogP contribution < -0.4 is 5.32 Å². The summed E-state index contributed by atoms with van der Waals surface area (Å²) < 4.78 is 1.42. The summed E-state index contributed by atoms with van der Waals surface area (Å²) in [6.07, 6.45) is 2.61. The highest BCUT2D eigenvalue weighted by molar-refractivity contribution is 7.19. The van der Waals surface area contributed by atoms with Crippen molar-refractivity contribution < 1.29 is 0 Å². The van der Waals surface area contributed by atoms with Gasteiger partial charge < -0.3 is 5.32 Å². The van der Waals surface area contributed by atoms with E-state index in [1.165, 1.54) is 29.5 Å². The molecule has 1 aliphatic rings. The molecule has 2 heterocycles. The lowest BCUT2D eigenvalue weighted by Gasteiger charge is -2.33. The highest BCUT2D eigenvalue weighted by Gasteiger charge is 2.30. The van der Waals surface area contributed by atoms with E-state index in [1.54, 1.807) is 4.88 Å². The van der Waals surface area contributed by atoms with Gasteiger partial charge in [0, 0.05) is 21.5 Å². The second-order valence-electron chi connectivity index (χ2n) is 4.99. The molecule has 0 spiro atoms. The zero-order valence-corrected chi connectivity index (χ0v) is 10.4. The molecule has 3 rings (SSSR count). The minimum absolute atomic E-state index is 0.349. The molecule has 0 aliphatic carbocycles. The molecule has 1 atom stereocenters. The highest BCUT2D eigenvalue weighted by Crippen LogP contribution is 2.38. The van der Waals surface area contributed by atoms with Crippen molar-refractivity contribution in [2.75, 3.05) is 13.1 Å². The third-order valence-corrected chi connectivity index (χ3v) is 5.04. The fourth-order valence-corrected chi connectivity index (χ4v) is 3.78. The molecule has 1 nitrogen and oxygen atoms in total. The van der Waals surface area contributed by atoms with Crippen LogP contribution in [0.1, 0.15) is 24.6 Å². The Morgan fingerprint density at radius 3 is 2.94 bits per heavy atom. The molecule has 1 aliphatic heterocycles. The summed E-state index contributed by atoms with van der Waals surface area (Å²) in [4.78, 5) is 1.54. The molecule has 0 radical (unpaired) electrons. The van der Waals surface area contributed by atoms with Gasteiger partial charge in [-0.05, 0) is 36.9 Å². The quantitative estimate of drug-likeness (QED) is 0.791. The Morgan fingerprint density at radius 2 is 2.19 bits per heavy atom. The van der Waals surface area contributed by atoms with Gasteiger partial charge in [-0.15, -0.1) is 11.3 Å². The SMILES string of the molecule is CC1(c2cc3ccccc3s2)CCCNC1. The number of thiophene rings is 1. The molecule has 1 unspecified atom stereocenters. The zero-order valence-electron chi connectivity index (χ0n) is 9.62. The number of hydrogen-bond acceptors (Lipinski definition) is 2. The monoisotopic (exact) mass is 231 g/mol. The lowest BCUT2D eigenvalue weighted by atomic mass is 9.81. The first-order chi connectivity index (χ1) is 7.78. The Labute approximate surface area is 100 Å². The zero-order chi connectivity index (χ0) is 11.0. The summed E-state index contributed by atoms with van der Waals surface area (Å²) in [7, 11) is 0. The van der Waals surface area contributed by atoms with Crippen LogP contribution in [-0.2, 0) is 5.41 Å². The van der Waals surface area contributed by atoms with Crippen molar-refractivity contribution in [3.05, 3.63) is 35.2 Å². The van der Waals surface area contributed by atoms with E-state index in [1.807, 2.05) is 11.3 Å². The summed E-state index contributed by atoms with van der Waals surface area (Å²) in [5.74, 6) is 0. The van der Waals surface area contributed by atoms with E-state index in [0.29, 0.717) is 5.41 Å². The molecule has 16 heavy (non-hydrogen) atoms. The highest BCUT2D eigenvalue weighted by atomic mass is 32.1. The average Bonchev–Trinajstić information content (AvgIpc) is 2.74. The Morgan fingerprint density at radius 1 is 1.31 bits per heavy atom. The van der Waals surface area contributed by atoms with Crippen LogP contribution in [-0.4, -0.2) is 13.1 Å². The Hall–Kier alpha value is -0.860. The van der Waals surface area contributed by atoms with Crippen molar-refractivity contribution in [3.63, 3.8) is 0 Å². The molecule has 2 heteroatoms. The first-order valence-corrected chi connectivity index (χ1v) is 6.79. The summed E-state index contributed by atoms with van der Waals surface area (Å²) >= 11 is 1.96. The van der Waals surface area contributed by atoms with Gasteiger partial charge >= 0.3 is 0 Å². The number of hydrogen-bond donors (Lipinski definition) is 1. The molecule has 84 valence electrons. The van der Waals surface area contributed by atoms with Crippen LogP contribution in [0.25, 0.3) is 10.1 Å². The maximum absolute atomic E-state index is 3.52. The molecular formula is C14H17NS. The predicted octanol–water partition coefficient (Wildman–Crippen LogP) is 3.54. The fraction of sp³-hybridized carbons (Fsp3) is 0.429. The Bertz CT molecular complexity index is 461. The van der Waals surface area contributed by atoms with E-state index >= 15 is 0 Å². The molecular weight excluding hydrogens is 214 g/mol. The van der Waals surface area contributed by atoms with Crippen LogP contribution in [0, 0.1) is 0 Å². The van der Waals surface area contributed by atoms with Gasteiger partial charge in [0.15, 0.2) is 0 Å². The van der Waals surface area contributed by atoms with Crippen LogP contribution >= 0.6 is 11.3 Å². The standard InChI is InChI=1S/C14H17NS/c1-14(7-4-8-15-10-14)13-9-11-5-2-3-6-12(11)16-13/h2-3,5-6,9,15H,4,7-8,10H2,1H3. The van der Waals surface area contributed by atoms with Gasteiger partial charge in [-0.1, -0.05) is 25.1 Å². The van der Waals surface area contributed by atoms with Gasteiger partial charge in [-0.2, -0.15) is 0 Å². The van der Waals surface area contributed by atoms with Crippen LogP contribution in [0.2, 0.25) is 0 Å². The molecule has 0 saturated carbocycles. The van der Waals surface area contributed by atoms with Crippen LogP contribution in [0.4, 0.5) is 0 Å². The maximum atomic E-state index is 3.52. The summed E-state index contributed by atoms with van der Waals surface area (Å²) in [5, 5.41) is 4.92. The molecule has 2 aromatic rings. The minimum atomic E-state index is 0.349. The second-order valence-corrected chi connectivity index (χ2v) is 6.07. The summed E-state index contributed by atoms with van der Waals surface area (Å²) in [5.41, 5.74) is 0.349. The van der Waals surface area contributed by atoms with Crippen LogP contribution in [0.15, 0.2) is 30.3 Å². The van der Waals surface area contributed by atoms with Gasteiger partial charge in [-0.25, -0.2) is 0 Å². The molecule has 0 amide bonds. The van der Waals surface area contributed by atoms with Crippen molar-refractivity contribution in [1.29, 1.82) is 0 Å². The fourth-order valence-electron chi connectivity index (χ4n) is 2.55. The van der Waals surface area contributed by atoms with Crippen molar-refractivity contribution in [2.24, 2.45) is 0 Å². The molecule has 1 aromatic carbocycles. The van der Waals surface area contributed by atoms with Gasteiger partial charge in [0.2, 0.25) is 0 Å². The Balaban J connectivity index is 2.04. The topological polar surface area (TPSA) is 12.0 Å². The summed E-state index contributed by atoms with van der Waals surface area (Å²) in [6.45, 7) is 4.70. The smallest absolute Gasteiger partial charge is 0.0345 e. The lowest BCUT2D eigenvalue weighted by Crippen LogP contribution is -2.40. The number of nitrogens with one attached hydrogen (secondary N) is 1. The van der Waals surface area contributed by atoms with Gasteiger partial charge in [0.25, 0.3) is 0 Å². The normalized spacial score (nSPS) is 26.1. The van der Waals surface area contributed by atoms with Crippen molar-refractivity contribution >= 4 is 21.4 Å². The molecule has 1 saturated heterocycles. The first-order valence-electron chi connectivity index (χ1n) is 5.98. The number of piperidine rings is 1. The van der Waals surface area contributed by atoms with Crippen molar-refractivity contribution in [2.45, 2.75) is 25.2 Å². The van der Waals surface area contributed by atoms with Crippen molar-refractivity contribution in [1.82, 2.24) is 5.32 Å². The molecule has 0 bridgehead atoms. The minimum Gasteiger partial charge on any atom is -0.316 e. The Kier molecular flexibility index (Phi) is 2.49. The van der Waals surface area contributed by atoms with E-state index in [-0.39, 0.29) is 0 Å². The molecule has 1 N–H and O–H groups in total. The van der Waals surface area contributed by atoms with Crippen LogP contribution in [0.3, 0.4) is 0 Å². The predicted molar refractivity (Wildman–Crippen MR) is 71.3 cm³/mol. The van der Waals surface area contributed by atoms with E-state index in [9.17, 15) is 0 Å². The van der Waals surface area contributed by atoms with E-state index in [0.717, 1.165) is 6.54 Å². The number of fused-ring (bicyclic) bond motifs is 1.